The summed E-state index contributed by atoms with van der Waals surface area (Å²) in [7, 11) is 0. The number of anilines is 1. The van der Waals surface area contributed by atoms with E-state index in [0.29, 0.717) is 18.5 Å². The van der Waals surface area contributed by atoms with Gasteiger partial charge in [0.05, 0.1) is 12.1 Å². The van der Waals surface area contributed by atoms with Crippen LogP contribution in [0, 0.1) is 5.92 Å². The molecule has 0 saturated heterocycles. The first-order valence-electron chi connectivity index (χ1n) is 9.72. The minimum Gasteiger partial charge on any atom is -0.478 e. The van der Waals surface area contributed by atoms with E-state index in [1.165, 1.54) is 0 Å². The molecule has 0 aromatic heterocycles. The van der Waals surface area contributed by atoms with E-state index in [9.17, 15) is 14.7 Å². The van der Waals surface area contributed by atoms with Gasteiger partial charge in [0, 0.05) is 12.1 Å². The second kappa shape index (κ2) is 9.20. The van der Waals surface area contributed by atoms with Crippen LogP contribution in [0.15, 0.2) is 78.9 Å². The van der Waals surface area contributed by atoms with E-state index in [0.717, 1.165) is 16.8 Å². The van der Waals surface area contributed by atoms with E-state index in [2.05, 4.69) is 0 Å². The molecule has 0 aliphatic rings. The van der Waals surface area contributed by atoms with Crippen LogP contribution in [0.2, 0.25) is 0 Å². The molecule has 0 radical (unpaired) electrons. The van der Waals surface area contributed by atoms with Crippen molar-refractivity contribution in [3.63, 3.8) is 0 Å². The maximum absolute atomic E-state index is 12.8. The van der Waals surface area contributed by atoms with Crippen molar-refractivity contribution in [3.05, 3.63) is 90.0 Å². The molecule has 29 heavy (non-hydrogen) atoms. The molecule has 3 aromatic carbocycles. The van der Waals surface area contributed by atoms with Crippen LogP contribution in [0.4, 0.5) is 5.69 Å². The summed E-state index contributed by atoms with van der Waals surface area (Å²) >= 11 is 0. The highest BCUT2D eigenvalue weighted by molar-refractivity contribution is 5.96. The van der Waals surface area contributed by atoms with Crippen molar-refractivity contribution in [2.24, 2.45) is 5.92 Å². The van der Waals surface area contributed by atoms with Gasteiger partial charge in [-0.2, -0.15) is 0 Å². The highest BCUT2D eigenvalue weighted by atomic mass is 16.4. The summed E-state index contributed by atoms with van der Waals surface area (Å²) in [5.41, 5.74) is 3.66. The van der Waals surface area contributed by atoms with Gasteiger partial charge in [-0.05, 0) is 40.8 Å². The number of carbonyl (C=O) groups is 2. The van der Waals surface area contributed by atoms with Crippen molar-refractivity contribution in [2.45, 2.75) is 26.8 Å². The molecule has 4 nitrogen and oxygen atoms in total. The van der Waals surface area contributed by atoms with Gasteiger partial charge in [-0.15, -0.1) is 0 Å². The summed E-state index contributed by atoms with van der Waals surface area (Å²) in [6.45, 7) is 4.54. The molecule has 3 rings (SSSR count). The average molecular weight is 387 g/mol. The Bertz CT molecular complexity index is 978. The summed E-state index contributed by atoms with van der Waals surface area (Å²) in [6.07, 6.45) is 0.485. The Kier molecular flexibility index (Phi) is 6.45. The molecule has 4 heteroatoms. The molecule has 0 atom stereocenters. The highest BCUT2D eigenvalue weighted by Crippen LogP contribution is 2.25. The number of carboxylic acid groups (broad SMARTS) is 1. The molecular formula is C25H25NO3. The lowest BCUT2D eigenvalue weighted by molar-refractivity contribution is -0.119. The number of rotatable bonds is 7. The Morgan fingerprint density at radius 2 is 1.48 bits per heavy atom. The van der Waals surface area contributed by atoms with Crippen LogP contribution >= 0.6 is 0 Å². The number of hydrogen-bond acceptors (Lipinski definition) is 2. The first-order chi connectivity index (χ1) is 14.0. The Hall–Kier alpha value is -3.40. The molecule has 0 bridgehead atoms. The number of para-hydroxylation sites is 1. The molecule has 0 saturated carbocycles. The number of hydrogen-bond donors (Lipinski definition) is 1. The minimum atomic E-state index is -0.945. The highest BCUT2D eigenvalue weighted by Gasteiger charge is 2.17. The van der Waals surface area contributed by atoms with Crippen LogP contribution in [0.3, 0.4) is 0 Å². The third-order valence-corrected chi connectivity index (χ3v) is 4.71. The van der Waals surface area contributed by atoms with Gasteiger partial charge in [-0.25, -0.2) is 4.79 Å². The average Bonchev–Trinajstić information content (AvgIpc) is 2.72. The van der Waals surface area contributed by atoms with E-state index < -0.39 is 5.97 Å². The molecule has 1 N–H and O–H groups in total. The lowest BCUT2D eigenvalue weighted by atomic mass is 9.98. The standard InChI is InChI=1S/C25H25NO3/c1-18(2)16-24(27)26(21-8-4-3-5-9-21)17-19-12-14-20(15-13-19)22-10-6-7-11-23(22)25(28)29/h3-15,18H,16-17H2,1-2H3,(H,28,29). The Morgan fingerprint density at radius 3 is 2.10 bits per heavy atom. The first-order valence-corrected chi connectivity index (χ1v) is 9.72. The number of nitrogens with zero attached hydrogens (tertiary/aromatic N) is 1. The molecule has 0 fully saturated rings. The number of aromatic carboxylic acids is 1. The normalized spacial score (nSPS) is 10.7. The van der Waals surface area contributed by atoms with Crippen molar-refractivity contribution >= 4 is 17.6 Å². The molecule has 0 unspecified atom stereocenters. The Labute approximate surface area is 171 Å². The summed E-state index contributed by atoms with van der Waals surface area (Å²) in [5.74, 6) is -0.575. The molecule has 148 valence electrons. The quantitative estimate of drug-likeness (QED) is 0.571. The zero-order chi connectivity index (χ0) is 20.8. The van der Waals surface area contributed by atoms with E-state index >= 15 is 0 Å². The van der Waals surface area contributed by atoms with E-state index in [4.69, 9.17) is 0 Å². The molecule has 0 aliphatic heterocycles. The van der Waals surface area contributed by atoms with Crippen molar-refractivity contribution in [2.75, 3.05) is 4.90 Å². The lowest BCUT2D eigenvalue weighted by Gasteiger charge is -2.24. The van der Waals surface area contributed by atoms with Crippen molar-refractivity contribution in [1.29, 1.82) is 0 Å². The van der Waals surface area contributed by atoms with Crippen LogP contribution < -0.4 is 4.90 Å². The van der Waals surface area contributed by atoms with Crippen LogP contribution in [0.25, 0.3) is 11.1 Å². The van der Waals surface area contributed by atoms with Gasteiger partial charge in [-0.1, -0.05) is 74.5 Å². The van der Waals surface area contributed by atoms with Gasteiger partial charge < -0.3 is 10.0 Å². The zero-order valence-electron chi connectivity index (χ0n) is 16.7. The fourth-order valence-corrected chi connectivity index (χ4v) is 3.28. The number of carboxylic acids is 1. The zero-order valence-corrected chi connectivity index (χ0v) is 16.7. The Morgan fingerprint density at radius 1 is 0.862 bits per heavy atom. The molecular weight excluding hydrogens is 362 g/mol. The van der Waals surface area contributed by atoms with Crippen LogP contribution in [0.5, 0.6) is 0 Å². The van der Waals surface area contributed by atoms with Gasteiger partial charge in [0.1, 0.15) is 0 Å². The first kappa shape index (κ1) is 20.3. The lowest BCUT2D eigenvalue weighted by Crippen LogP contribution is -2.31. The minimum absolute atomic E-state index is 0.0894. The van der Waals surface area contributed by atoms with E-state index in [-0.39, 0.29) is 17.4 Å². The second-order valence-electron chi connectivity index (χ2n) is 7.46. The van der Waals surface area contributed by atoms with Crippen LogP contribution in [-0.4, -0.2) is 17.0 Å². The Balaban J connectivity index is 1.86. The van der Waals surface area contributed by atoms with Gasteiger partial charge >= 0.3 is 5.97 Å². The van der Waals surface area contributed by atoms with Crippen LogP contribution in [-0.2, 0) is 11.3 Å². The van der Waals surface area contributed by atoms with Gasteiger partial charge in [-0.3, -0.25) is 4.79 Å². The van der Waals surface area contributed by atoms with Crippen molar-refractivity contribution < 1.29 is 14.7 Å². The predicted molar refractivity (Wildman–Crippen MR) is 116 cm³/mol. The molecule has 0 spiro atoms. The summed E-state index contributed by atoms with van der Waals surface area (Å²) in [6, 6.07) is 24.4. The maximum atomic E-state index is 12.8. The van der Waals surface area contributed by atoms with E-state index in [1.54, 1.807) is 23.1 Å². The van der Waals surface area contributed by atoms with Gasteiger partial charge in [0.25, 0.3) is 0 Å². The third kappa shape index (κ3) is 5.11. The third-order valence-electron chi connectivity index (χ3n) is 4.71. The molecule has 0 aliphatic carbocycles. The molecule has 3 aromatic rings. The maximum Gasteiger partial charge on any atom is 0.336 e. The van der Waals surface area contributed by atoms with Crippen molar-refractivity contribution in [1.82, 2.24) is 0 Å². The predicted octanol–water partition coefficient (Wildman–Crippen LogP) is 5.63. The van der Waals surface area contributed by atoms with Crippen molar-refractivity contribution in [3.8, 4) is 11.1 Å². The second-order valence-corrected chi connectivity index (χ2v) is 7.46. The number of amides is 1. The summed E-state index contributed by atoms with van der Waals surface area (Å²) in [5, 5.41) is 9.42. The molecule has 0 heterocycles. The van der Waals surface area contributed by atoms with Gasteiger partial charge in [0.2, 0.25) is 5.91 Å². The fraction of sp³-hybridized carbons (Fsp3) is 0.200. The van der Waals surface area contributed by atoms with Crippen LogP contribution in [0.1, 0.15) is 36.2 Å². The van der Waals surface area contributed by atoms with Gasteiger partial charge in [0.15, 0.2) is 0 Å². The van der Waals surface area contributed by atoms with E-state index in [1.807, 2.05) is 74.5 Å². The SMILES string of the molecule is CC(C)CC(=O)N(Cc1ccc(-c2ccccc2C(=O)O)cc1)c1ccccc1. The monoisotopic (exact) mass is 387 g/mol. The summed E-state index contributed by atoms with van der Waals surface area (Å²) < 4.78 is 0. The fourth-order valence-electron chi connectivity index (χ4n) is 3.28. The largest absolute Gasteiger partial charge is 0.478 e. The smallest absolute Gasteiger partial charge is 0.336 e. The topological polar surface area (TPSA) is 57.6 Å². The molecule has 1 amide bonds. The number of benzene rings is 3. The number of carbonyl (C=O) groups excluding carboxylic acids is 1. The summed E-state index contributed by atoms with van der Waals surface area (Å²) in [4.78, 5) is 26.1.